The summed E-state index contributed by atoms with van der Waals surface area (Å²) in [5.74, 6) is 0.305. The smallest absolute Gasteiger partial charge is 0.293 e. The lowest BCUT2D eigenvalue weighted by atomic mass is 10.1. The van der Waals surface area contributed by atoms with Crippen LogP contribution in [-0.4, -0.2) is 24.3 Å². The Morgan fingerprint density at radius 1 is 1.50 bits per heavy atom. The average molecular weight is 275 g/mol. The molecule has 0 N–H and O–H groups in total. The van der Waals surface area contributed by atoms with Crippen molar-refractivity contribution in [2.45, 2.75) is 20.3 Å². The second kappa shape index (κ2) is 7.24. The van der Waals surface area contributed by atoms with E-state index in [-0.39, 0.29) is 11.3 Å². The highest BCUT2D eigenvalue weighted by Crippen LogP contribution is 2.29. The summed E-state index contributed by atoms with van der Waals surface area (Å²) in [4.78, 5) is 23.2. The molecule has 1 aromatic rings. The van der Waals surface area contributed by atoms with Crippen LogP contribution in [-0.2, 0) is 0 Å². The van der Waals surface area contributed by atoms with Gasteiger partial charge in [0, 0.05) is 24.7 Å². The normalized spacial score (nSPS) is 10.1. The molecule has 6 heteroatoms. The van der Waals surface area contributed by atoms with Crippen LogP contribution in [0.25, 0.3) is 0 Å². The van der Waals surface area contributed by atoms with Crippen molar-refractivity contribution in [3.05, 3.63) is 33.9 Å². The summed E-state index contributed by atoms with van der Waals surface area (Å²) < 4.78 is 0. The number of nitrogens with zero attached hydrogens (tertiary/aromatic N) is 3. The second-order valence-electron chi connectivity index (χ2n) is 4.87. The van der Waals surface area contributed by atoms with Crippen LogP contribution in [0, 0.1) is 27.4 Å². The van der Waals surface area contributed by atoms with Gasteiger partial charge >= 0.3 is 0 Å². The van der Waals surface area contributed by atoms with Crippen LogP contribution in [0.1, 0.15) is 30.6 Å². The van der Waals surface area contributed by atoms with Crippen LogP contribution < -0.4 is 4.90 Å². The van der Waals surface area contributed by atoms with E-state index in [1.807, 2.05) is 24.8 Å². The van der Waals surface area contributed by atoms with Crippen LogP contribution in [0.5, 0.6) is 0 Å². The van der Waals surface area contributed by atoms with Gasteiger partial charge in [-0.05, 0) is 18.1 Å². The van der Waals surface area contributed by atoms with Gasteiger partial charge in [-0.25, -0.2) is 0 Å². The van der Waals surface area contributed by atoms with Gasteiger partial charge in [-0.15, -0.1) is 0 Å². The van der Waals surface area contributed by atoms with Crippen LogP contribution in [0.3, 0.4) is 0 Å². The Morgan fingerprint density at radius 2 is 2.20 bits per heavy atom. The van der Waals surface area contributed by atoms with Crippen molar-refractivity contribution in [2.75, 3.05) is 18.0 Å². The molecule has 0 aromatic heterocycles. The number of nitro groups is 1. The third-order valence-electron chi connectivity index (χ3n) is 2.75. The van der Waals surface area contributed by atoms with E-state index in [4.69, 9.17) is 5.26 Å². The molecule has 0 aliphatic rings. The largest absolute Gasteiger partial charge is 0.365 e. The first-order chi connectivity index (χ1) is 9.49. The molecule has 0 saturated carbocycles. The average Bonchev–Trinajstić information content (AvgIpc) is 2.42. The molecule has 6 nitrogen and oxygen atoms in total. The van der Waals surface area contributed by atoms with Crippen molar-refractivity contribution >= 4 is 17.7 Å². The third kappa shape index (κ3) is 4.05. The maximum absolute atomic E-state index is 11.2. The molecule has 0 heterocycles. The molecule has 0 aliphatic heterocycles. The molecule has 0 spiro atoms. The van der Waals surface area contributed by atoms with Gasteiger partial charge in [-0.2, -0.15) is 5.26 Å². The molecule has 20 heavy (non-hydrogen) atoms. The number of hydrogen-bond acceptors (Lipinski definition) is 5. The minimum Gasteiger partial charge on any atom is -0.365 e. The summed E-state index contributed by atoms with van der Waals surface area (Å²) in [6, 6.07) is 6.43. The summed E-state index contributed by atoms with van der Waals surface area (Å²) in [7, 11) is 0. The summed E-state index contributed by atoms with van der Waals surface area (Å²) >= 11 is 0. The zero-order valence-corrected chi connectivity index (χ0v) is 11.6. The zero-order valence-electron chi connectivity index (χ0n) is 11.6. The minimum atomic E-state index is -0.498. The summed E-state index contributed by atoms with van der Waals surface area (Å²) in [5.41, 5.74) is 0.614. The van der Waals surface area contributed by atoms with Crippen molar-refractivity contribution in [3.8, 4) is 6.07 Å². The van der Waals surface area contributed by atoms with Gasteiger partial charge in [0.2, 0.25) is 0 Å². The standard InChI is InChI=1S/C14H17N3O3/c1-11(2)9-16(7-3-6-15)13-5-4-12(10-18)8-14(13)17(19)20/h4-5,8,10-11H,3,7,9H2,1-2H3. The van der Waals surface area contributed by atoms with E-state index in [2.05, 4.69) is 0 Å². The third-order valence-corrected chi connectivity index (χ3v) is 2.75. The van der Waals surface area contributed by atoms with E-state index in [9.17, 15) is 14.9 Å². The fraction of sp³-hybridized carbons (Fsp3) is 0.429. The molecule has 0 bridgehead atoms. The van der Waals surface area contributed by atoms with Crippen molar-refractivity contribution < 1.29 is 9.72 Å². The number of aldehydes is 1. The first-order valence-corrected chi connectivity index (χ1v) is 6.35. The second-order valence-corrected chi connectivity index (χ2v) is 4.87. The van der Waals surface area contributed by atoms with Gasteiger partial charge in [0.05, 0.1) is 17.4 Å². The molecular formula is C14H17N3O3. The molecular weight excluding hydrogens is 258 g/mol. The van der Waals surface area contributed by atoms with Crippen molar-refractivity contribution in [2.24, 2.45) is 5.92 Å². The molecule has 0 atom stereocenters. The molecule has 0 amide bonds. The number of carbonyl (C=O) groups is 1. The Bertz CT molecular complexity index is 535. The van der Waals surface area contributed by atoms with Crippen molar-refractivity contribution in [1.82, 2.24) is 0 Å². The first-order valence-electron chi connectivity index (χ1n) is 6.35. The number of benzene rings is 1. The van der Waals surface area contributed by atoms with Crippen molar-refractivity contribution in [3.63, 3.8) is 0 Å². The Labute approximate surface area is 117 Å². The van der Waals surface area contributed by atoms with E-state index in [1.54, 1.807) is 12.1 Å². The van der Waals surface area contributed by atoms with Gasteiger partial charge in [-0.3, -0.25) is 14.9 Å². The zero-order chi connectivity index (χ0) is 15.1. The fourth-order valence-electron chi connectivity index (χ4n) is 1.96. The molecule has 0 saturated heterocycles. The van der Waals surface area contributed by atoms with Crippen LogP contribution >= 0.6 is 0 Å². The van der Waals surface area contributed by atoms with Crippen molar-refractivity contribution in [1.29, 1.82) is 5.26 Å². The van der Waals surface area contributed by atoms with Crippen LogP contribution in [0.4, 0.5) is 11.4 Å². The minimum absolute atomic E-state index is 0.104. The van der Waals surface area contributed by atoms with E-state index < -0.39 is 4.92 Å². The summed E-state index contributed by atoms with van der Waals surface area (Å²) in [6.45, 7) is 5.05. The SMILES string of the molecule is CC(C)CN(CCC#N)c1ccc(C=O)cc1[N+](=O)[O-]. The molecule has 0 fully saturated rings. The fourth-order valence-corrected chi connectivity index (χ4v) is 1.96. The molecule has 1 rings (SSSR count). The predicted octanol–water partition coefficient (Wildman–Crippen LogP) is 2.78. The lowest BCUT2D eigenvalue weighted by molar-refractivity contribution is -0.384. The molecule has 0 aliphatic carbocycles. The number of anilines is 1. The highest BCUT2D eigenvalue weighted by molar-refractivity contribution is 5.79. The van der Waals surface area contributed by atoms with E-state index in [1.165, 1.54) is 6.07 Å². The lowest BCUT2D eigenvalue weighted by Crippen LogP contribution is -2.29. The first kappa shape index (κ1) is 15.6. The van der Waals surface area contributed by atoms with Gasteiger partial charge < -0.3 is 4.90 Å². The molecule has 0 radical (unpaired) electrons. The van der Waals surface area contributed by atoms with E-state index in [0.29, 0.717) is 37.4 Å². The lowest BCUT2D eigenvalue weighted by Gasteiger charge is -2.25. The molecule has 1 aromatic carbocycles. The van der Waals surface area contributed by atoms with Gasteiger partial charge in [0.15, 0.2) is 0 Å². The Morgan fingerprint density at radius 3 is 2.70 bits per heavy atom. The number of hydrogen-bond donors (Lipinski definition) is 0. The van der Waals surface area contributed by atoms with Gasteiger partial charge in [-0.1, -0.05) is 13.8 Å². The Balaban J connectivity index is 3.20. The van der Waals surface area contributed by atoms with Crippen LogP contribution in [0.15, 0.2) is 18.2 Å². The summed E-state index contributed by atoms with van der Waals surface area (Å²) in [6.07, 6.45) is 0.873. The number of nitro benzene ring substituents is 1. The molecule has 106 valence electrons. The Hall–Kier alpha value is -2.42. The maximum atomic E-state index is 11.2. The van der Waals surface area contributed by atoms with Gasteiger partial charge in [0.25, 0.3) is 5.69 Å². The quantitative estimate of drug-likeness (QED) is 0.434. The predicted molar refractivity (Wildman–Crippen MR) is 75.8 cm³/mol. The Kier molecular flexibility index (Phi) is 5.66. The maximum Gasteiger partial charge on any atom is 0.293 e. The summed E-state index contributed by atoms with van der Waals surface area (Å²) in [5, 5.41) is 19.9. The topological polar surface area (TPSA) is 87.2 Å². The highest BCUT2D eigenvalue weighted by Gasteiger charge is 2.20. The number of nitriles is 1. The van der Waals surface area contributed by atoms with E-state index >= 15 is 0 Å². The monoisotopic (exact) mass is 275 g/mol. The van der Waals surface area contributed by atoms with Crippen LogP contribution in [0.2, 0.25) is 0 Å². The number of rotatable bonds is 7. The van der Waals surface area contributed by atoms with E-state index in [0.717, 1.165) is 0 Å². The molecule has 0 unspecified atom stereocenters. The number of carbonyl (C=O) groups excluding carboxylic acids is 1. The highest BCUT2D eigenvalue weighted by atomic mass is 16.6. The van der Waals surface area contributed by atoms with Gasteiger partial charge in [0.1, 0.15) is 12.0 Å².